The molecule has 0 saturated carbocycles. The van der Waals surface area contributed by atoms with Crippen molar-refractivity contribution in [2.24, 2.45) is 0 Å². The summed E-state index contributed by atoms with van der Waals surface area (Å²) in [4.78, 5) is 0. The number of hydrogen-bond acceptors (Lipinski definition) is 6. The molecule has 21 heteroatoms. The van der Waals surface area contributed by atoms with Crippen molar-refractivity contribution < 1.29 is 17.4 Å². The van der Waals surface area contributed by atoms with E-state index in [4.69, 9.17) is 30.6 Å². The normalized spacial score (nSPS) is 11.8. The Morgan fingerprint density at radius 2 is 0.677 bits per heavy atom. The molecule has 0 aromatic carbocycles. The van der Waals surface area contributed by atoms with Gasteiger partial charge in [-0.05, 0) is 162 Å². The molecule has 0 aliphatic rings. The summed E-state index contributed by atoms with van der Waals surface area (Å²) in [6, 6.07) is 0. The van der Waals surface area contributed by atoms with Gasteiger partial charge in [-0.3, -0.25) is 0 Å². The Labute approximate surface area is 431 Å². The van der Waals surface area contributed by atoms with Gasteiger partial charge in [0.15, 0.2) is 0 Å². The van der Waals surface area contributed by atoms with Crippen molar-refractivity contribution in [3.05, 3.63) is 98.2 Å². The maximum absolute atomic E-state index is 4.91. The van der Waals surface area contributed by atoms with E-state index in [0.29, 0.717) is 35.5 Å². The minimum atomic E-state index is -1.43. The maximum atomic E-state index is 4.91. The number of nitrogens with zero attached hydrogens (tertiary/aromatic N) is 12. The molecule has 0 aliphatic carbocycles. The van der Waals surface area contributed by atoms with Crippen LogP contribution in [0.1, 0.15) is 186 Å². The fourth-order valence-corrected chi connectivity index (χ4v) is 11.8. The van der Waals surface area contributed by atoms with Gasteiger partial charge in [0.05, 0.1) is 61.5 Å². The molecule has 0 fully saturated rings. The predicted molar refractivity (Wildman–Crippen MR) is 276 cm³/mol. The Bertz CT molecular complexity index is 2140. The smallest absolute Gasteiger partial charge is 0.402 e. The molecule has 0 spiro atoms. The summed E-state index contributed by atoms with van der Waals surface area (Å²) < 4.78 is 18.1. The van der Waals surface area contributed by atoms with Crippen LogP contribution >= 0.6 is 95.6 Å². The molecule has 0 saturated heterocycles. The second-order valence-corrected chi connectivity index (χ2v) is 22.6. The number of hydrogen-bond donors (Lipinski definition) is 0. The Morgan fingerprint density at radius 1 is 0.419 bits per heavy atom. The van der Waals surface area contributed by atoms with E-state index in [9.17, 15) is 0 Å². The Hall–Kier alpha value is -1.20. The van der Waals surface area contributed by atoms with Crippen LogP contribution in [0.5, 0.6) is 0 Å². The van der Waals surface area contributed by atoms with Crippen molar-refractivity contribution >= 4 is 110 Å². The summed E-state index contributed by atoms with van der Waals surface area (Å²) in [5, 5.41) is 29.2. The number of rotatable bonds is 14. The molecular formula is C41H62B2Br6CrN12. The average molecular weight is 1280 g/mol. The quantitative estimate of drug-likeness (QED) is 0.101. The summed E-state index contributed by atoms with van der Waals surface area (Å²) >= 11 is 22.0. The average Bonchev–Trinajstić information content (AvgIpc) is 4.02. The van der Waals surface area contributed by atoms with Crippen LogP contribution in [0.15, 0.2) is 64.0 Å². The molecule has 12 nitrogen and oxygen atoms in total. The van der Waals surface area contributed by atoms with Gasteiger partial charge < -0.3 is 27.6 Å². The fraction of sp³-hybridized carbons (Fsp3) is 0.561. The molecule has 0 radical (unpaired) electrons. The molecule has 0 atom stereocenters. The molecule has 6 aromatic heterocycles. The van der Waals surface area contributed by atoms with Crippen LogP contribution in [0, 0.1) is 0 Å². The van der Waals surface area contributed by atoms with Gasteiger partial charge in [0.25, 0.3) is 0 Å². The van der Waals surface area contributed by atoms with Crippen molar-refractivity contribution in [1.29, 1.82) is 0 Å². The van der Waals surface area contributed by atoms with Crippen LogP contribution in [0.3, 0.4) is 0 Å². The minimum absolute atomic E-state index is 0. The van der Waals surface area contributed by atoms with E-state index in [1.807, 2.05) is 60.1 Å². The minimum Gasteiger partial charge on any atom is -0.402 e. The SMILES string of the molecule is CC(C)c1nn([BH-](n2cc(Br)c(C(C)C)n2)n2cc(Br)c(C(C)C)n2)cc1Br.CC(C)c1nn([BH-](n2cc(Br)c(C(C)C)n2)n2ncc(Br)c2C(C)C)cc1Br.CCCCC.[Cr+2]. The monoisotopic (exact) mass is 1270 g/mol. The van der Waals surface area contributed by atoms with Crippen LogP contribution in [0.4, 0.5) is 0 Å². The maximum Gasteiger partial charge on any atom is 2.00 e. The van der Waals surface area contributed by atoms with Crippen molar-refractivity contribution in [2.75, 3.05) is 0 Å². The van der Waals surface area contributed by atoms with Crippen molar-refractivity contribution in [1.82, 2.24) is 58.1 Å². The third-order valence-electron chi connectivity index (χ3n) is 10.3. The molecule has 0 amide bonds. The van der Waals surface area contributed by atoms with Gasteiger partial charge in [-0.15, -0.1) is 0 Å². The third kappa shape index (κ3) is 13.2. The molecule has 340 valence electrons. The third-order valence-corrected chi connectivity index (χ3v) is 13.9. The van der Waals surface area contributed by atoms with Gasteiger partial charge in [0.1, 0.15) is 0 Å². The van der Waals surface area contributed by atoms with Crippen LogP contribution in [-0.4, -0.2) is 72.4 Å². The molecule has 0 N–H and O–H groups in total. The number of aromatic nitrogens is 12. The Kier molecular flexibility index (Phi) is 21.8. The summed E-state index contributed by atoms with van der Waals surface area (Å²) in [7, 11) is -2.85. The molecule has 0 aliphatic heterocycles. The first-order valence-electron chi connectivity index (χ1n) is 21.4. The van der Waals surface area contributed by atoms with E-state index >= 15 is 0 Å². The zero-order valence-corrected chi connectivity index (χ0v) is 49.3. The first kappa shape index (κ1) is 55.1. The standard InChI is InChI=1S/2C18H25BBr3N6.C5H12.Cr/c1-10(2)16-14(21)8-26(24-16)19(27-9-15(22)17(25-27)11(3)4)28-18(12(5)6)13(20)7-23-28;1-10(2)16-13(20)7-26(23-16)19(27-8-14(21)17(24-27)11(3)4)28-9-15(22)18(25-28)12(5)6;1-3-5-4-2;/h2*7-12,19H,1-6H3;3-5H2,1-2H3;/q2*-1;;+2. The van der Waals surface area contributed by atoms with Gasteiger partial charge in [-0.25, -0.2) is 30.6 Å². The zero-order valence-electron chi connectivity index (χ0n) is 38.5. The molecule has 6 heterocycles. The Balaban J connectivity index is 0.000000294. The number of halogens is 6. The largest absolute Gasteiger partial charge is 2.00 e. The van der Waals surface area contributed by atoms with Gasteiger partial charge in [0.2, 0.25) is 0 Å². The van der Waals surface area contributed by atoms with E-state index < -0.39 is 14.2 Å². The van der Waals surface area contributed by atoms with E-state index in [-0.39, 0.29) is 17.4 Å². The molecular weight excluding hydrogens is 1210 g/mol. The second kappa shape index (κ2) is 24.5. The summed E-state index contributed by atoms with van der Waals surface area (Å²) in [5.74, 6) is 1.91. The number of unbranched alkanes of at least 4 members (excludes halogenated alkanes) is 2. The predicted octanol–water partition coefficient (Wildman–Crippen LogP) is 13.4. The van der Waals surface area contributed by atoms with Gasteiger partial charge in [0, 0.05) is 5.69 Å². The van der Waals surface area contributed by atoms with E-state index in [0.717, 1.165) is 61.0 Å². The van der Waals surface area contributed by atoms with Gasteiger partial charge >= 0.3 is 31.6 Å². The Morgan fingerprint density at radius 3 is 0.871 bits per heavy atom. The summed E-state index contributed by atoms with van der Waals surface area (Å²) in [5.41, 5.74) is 6.29. The van der Waals surface area contributed by atoms with E-state index in [1.165, 1.54) is 19.3 Å². The molecule has 6 rings (SSSR count). The molecule has 0 unspecified atom stereocenters. The van der Waals surface area contributed by atoms with E-state index in [1.54, 1.807) is 0 Å². The first-order valence-corrected chi connectivity index (χ1v) is 26.2. The van der Waals surface area contributed by atoms with Crippen molar-refractivity contribution in [3.8, 4) is 0 Å². The van der Waals surface area contributed by atoms with Crippen molar-refractivity contribution in [3.63, 3.8) is 0 Å². The zero-order chi connectivity index (χ0) is 45.6. The van der Waals surface area contributed by atoms with Crippen LogP contribution in [0.2, 0.25) is 0 Å². The fourth-order valence-electron chi connectivity index (χ4n) is 7.13. The van der Waals surface area contributed by atoms with Gasteiger partial charge in [-0.1, -0.05) is 116 Å². The molecule has 62 heavy (non-hydrogen) atoms. The summed E-state index contributed by atoms with van der Waals surface area (Å²) in [6.45, 7) is 30.2. The topological polar surface area (TPSA) is 107 Å². The van der Waals surface area contributed by atoms with Crippen LogP contribution < -0.4 is 0 Å². The van der Waals surface area contributed by atoms with Crippen molar-refractivity contribution in [2.45, 2.75) is 152 Å². The van der Waals surface area contributed by atoms with Gasteiger partial charge in [-0.2, -0.15) is 0 Å². The molecule has 6 aromatic rings. The second-order valence-electron chi connectivity index (χ2n) is 17.5. The van der Waals surface area contributed by atoms with Crippen LogP contribution in [-0.2, 0) is 17.4 Å². The van der Waals surface area contributed by atoms with E-state index in [2.05, 4.69) is 197 Å². The first-order chi connectivity index (χ1) is 28.6. The molecule has 0 bridgehead atoms. The summed E-state index contributed by atoms with van der Waals surface area (Å²) in [6.07, 6.45) is 16.1. The van der Waals surface area contributed by atoms with Crippen LogP contribution in [0.25, 0.3) is 0 Å².